The molecule has 7 nitrogen and oxygen atoms in total. The molecule has 2 heterocycles. The first-order valence-electron chi connectivity index (χ1n) is 13.7. The summed E-state index contributed by atoms with van der Waals surface area (Å²) >= 11 is 3.06. The third-order valence-electron chi connectivity index (χ3n) is 7.79. The first kappa shape index (κ1) is 28.8. The van der Waals surface area contributed by atoms with Crippen molar-refractivity contribution in [2.24, 2.45) is 5.18 Å². The second kappa shape index (κ2) is 12.8. The highest BCUT2D eigenvalue weighted by Gasteiger charge is 2.38. The van der Waals surface area contributed by atoms with Gasteiger partial charge in [-0.3, -0.25) is 0 Å². The third-order valence-corrected chi connectivity index (χ3v) is 9.37. The highest BCUT2D eigenvalue weighted by Crippen LogP contribution is 2.39. The summed E-state index contributed by atoms with van der Waals surface area (Å²) in [7, 11) is 0. The predicted octanol–water partition coefficient (Wildman–Crippen LogP) is 6.43. The van der Waals surface area contributed by atoms with Gasteiger partial charge in [0.1, 0.15) is 6.33 Å². The monoisotopic (exact) mass is 555 g/mol. The number of aryl methyl sites for hydroxylation is 1. The van der Waals surface area contributed by atoms with Gasteiger partial charge in [-0.05, 0) is 65.7 Å². The van der Waals surface area contributed by atoms with E-state index < -0.39 is 6.10 Å². The molecule has 0 aliphatic heterocycles. The van der Waals surface area contributed by atoms with Gasteiger partial charge in [-0.1, -0.05) is 63.6 Å². The molecule has 1 aromatic carbocycles. The number of nitrogens with one attached hydrogen (secondary N) is 2. The molecule has 1 saturated carbocycles. The van der Waals surface area contributed by atoms with Gasteiger partial charge in [0.2, 0.25) is 5.13 Å². The van der Waals surface area contributed by atoms with Crippen LogP contribution in [0.3, 0.4) is 0 Å². The Balaban J connectivity index is 1.56. The SMILES string of the molecule is CCCc1ccsc1CC(Nc1ncns1)C(O)CNC1(c2cccc(C(C)(C)C)c2)CCC(N=O)CC1. The maximum atomic E-state index is 11.6. The number of benzene rings is 1. The van der Waals surface area contributed by atoms with Crippen molar-refractivity contribution in [3.8, 4) is 0 Å². The molecule has 0 spiro atoms. The number of hydrogen-bond donors (Lipinski definition) is 3. The van der Waals surface area contributed by atoms with E-state index in [-0.39, 0.29) is 23.0 Å². The number of aromatic nitrogens is 2. The molecule has 0 amide bonds. The molecule has 4 rings (SSSR count). The minimum atomic E-state index is -0.653. The van der Waals surface area contributed by atoms with Crippen LogP contribution in [-0.2, 0) is 23.8 Å². The van der Waals surface area contributed by atoms with Gasteiger partial charge in [0.05, 0.1) is 18.2 Å². The molecular weight excluding hydrogens is 514 g/mol. The lowest BCUT2D eigenvalue weighted by molar-refractivity contribution is 0.120. The molecule has 9 heteroatoms. The first-order valence-corrected chi connectivity index (χ1v) is 15.3. The molecule has 0 bridgehead atoms. The van der Waals surface area contributed by atoms with Gasteiger partial charge in [-0.25, -0.2) is 4.98 Å². The molecule has 0 radical (unpaired) electrons. The van der Waals surface area contributed by atoms with E-state index in [1.165, 1.54) is 33.1 Å². The summed E-state index contributed by atoms with van der Waals surface area (Å²) in [6.45, 7) is 9.29. The van der Waals surface area contributed by atoms with Crippen molar-refractivity contribution in [1.82, 2.24) is 14.7 Å². The van der Waals surface area contributed by atoms with Crippen molar-refractivity contribution in [3.05, 3.63) is 68.5 Å². The van der Waals surface area contributed by atoms with E-state index in [2.05, 4.69) is 88.6 Å². The van der Waals surface area contributed by atoms with Gasteiger partial charge in [-0.15, -0.1) is 11.3 Å². The fourth-order valence-corrected chi connectivity index (χ4v) is 6.90. The van der Waals surface area contributed by atoms with E-state index >= 15 is 0 Å². The van der Waals surface area contributed by atoms with E-state index in [1.54, 1.807) is 17.7 Å². The average molecular weight is 556 g/mol. The number of nitroso groups, excluding NO2 is 1. The van der Waals surface area contributed by atoms with Gasteiger partial charge >= 0.3 is 0 Å². The Hall–Kier alpha value is -2.20. The summed E-state index contributed by atoms with van der Waals surface area (Å²) in [5, 5.41) is 25.0. The van der Waals surface area contributed by atoms with Crippen molar-refractivity contribution >= 4 is 28.0 Å². The van der Waals surface area contributed by atoms with E-state index in [0.717, 1.165) is 44.9 Å². The van der Waals surface area contributed by atoms with Crippen molar-refractivity contribution < 1.29 is 5.11 Å². The summed E-state index contributed by atoms with van der Waals surface area (Å²) in [4.78, 5) is 16.9. The number of anilines is 1. The lowest BCUT2D eigenvalue weighted by Gasteiger charge is -2.42. The molecular formula is C29H41N5O2S2. The summed E-state index contributed by atoms with van der Waals surface area (Å²) in [6.07, 6.45) is 6.85. The first-order chi connectivity index (χ1) is 18.2. The largest absolute Gasteiger partial charge is 0.390 e. The van der Waals surface area contributed by atoms with Crippen LogP contribution in [0.5, 0.6) is 0 Å². The lowest BCUT2D eigenvalue weighted by atomic mass is 9.73. The van der Waals surface area contributed by atoms with Gasteiger partial charge in [0.25, 0.3) is 0 Å². The Morgan fingerprint density at radius 3 is 2.68 bits per heavy atom. The zero-order valence-corrected chi connectivity index (χ0v) is 24.6. The van der Waals surface area contributed by atoms with E-state index in [0.29, 0.717) is 11.7 Å². The van der Waals surface area contributed by atoms with Crippen LogP contribution in [0.4, 0.5) is 5.13 Å². The van der Waals surface area contributed by atoms with Crippen LogP contribution in [0.1, 0.15) is 81.4 Å². The minimum Gasteiger partial charge on any atom is -0.390 e. The smallest absolute Gasteiger partial charge is 0.202 e. The molecule has 1 aliphatic rings. The summed E-state index contributed by atoms with van der Waals surface area (Å²) in [5.41, 5.74) is 3.58. The second-order valence-electron chi connectivity index (χ2n) is 11.5. The van der Waals surface area contributed by atoms with Crippen LogP contribution >= 0.6 is 22.9 Å². The quantitative estimate of drug-likeness (QED) is 0.223. The Morgan fingerprint density at radius 2 is 2.03 bits per heavy atom. The average Bonchev–Trinajstić information content (AvgIpc) is 3.59. The van der Waals surface area contributed by atoms with Crippen molar-refractivity contribution in [2.45, 2.75) is 102 Å². The number of nitrogens with zero attached hydrogens (tertiary/aromatic N) is 3. The standard InChI is InChI=1S/C29H41N5O2S2/c1-5-7-20-12-15-37-26(20)17-24(33-27-30-19-32-38-27)25(35)18-31-29(13-10-23(34-36)11-14-29)22-9-6-8-21(16-22)28(2,3)4/h6,8-9,12,15-16,19,23-25,31,35H,5,7,10-11,13-14,17-18H2,1-4H3,(H,30,32,33). The van der Waals surface area contributed by atoms with Crippen molar-refractivity contribution in [3.63, 3.8) is 0 Å². The Bertz CT molecular complexity index is 1150. The number of thiophene rings is 1. The number of aliphatic hydroxyl groups excluding tert-OH is 1. The minimum absolute atomic E-state index is 0.0337. The van der Waals surface area contributed by atoms with Gasteiger partial charge in [0, 0.05) is 34.9 Å². The predicted molar refractivity (Wildman–Crippen MR) is 158 cm³/mol. The highest BCUT2D eigenvalue weighted by atomic mass is 32.1. The Morgan fingerprint density at radius 1 is 1.24 bits per heavy atom. The number of hydrogen-bond acceptors (Lipinski definition) is 9. The molecule has 3 aromatic rings. The van der Waals surface area contributed by atoms with Crippen LogP contribution in [0.2, 0.25) is 0 Å². The molecule has 1 fully saturated rings. The van der Waals surface area contributed by atoms with Gasteiger partial charge in [0.15, 0.2) is 0 Å². The lowest BCUT2D eigenvalue weighted by Crippen LogP contribution is -2.51. The molecule has 2 atom stereocenters. The maximum absolute atomic E-state index is 11.6. The molecule has 206 valence electrons. The second-order valence-corrected chi connectivity index (χ2v) is 13.3. The number of rotatable bonds is 12. The fourth-order valence-electron chi connectivity index (χ4n) is 5.41. The molecule has 38 heavy (non-hydrogen) atoms. The van der Waals surface area contributed by atoms with Gasteiger partial charge < -0.3 is 15.7 Å². The maximum Gasteiger partial charge on any atom is 0.202 e. The van der Waals surface area contributed by atoms with Crippen LogP contribution in [0.15, 0.2) is 47.2 Å². The molecule has 2 aromatic heterocycles. The van der Waals surface area contributed by atoms with E-state index in [1.807, 2.05) is 0 Å². The van der Waals surface area contributed by atoms with Crippen molar-refractivity contribution in [2.75, 3.05) is 11.9 Å². The molecule has 0 saturated heterocycles. The summed E-state index contributed by atoms with van der Waals surface area (Å²) in [6, 6.07) is 10.6. The Labute approximate surface area is 234 Å². The van der Waals surface area contributed by atoms with E-state index in [9.17, 15) is 10.0 Å². The molecule has 2 unspecified atom stereocenters. The van der Waals surface area contributed by atoms with Crippen LogP contribution in [0, 0.1) is 4.91 Å². The zero-order chi connectivity index (χ0) is 27.2. The molecule has 3 N–H and O–H groups in total. The van der Waals surface area contributed by atoms with Crippen LogP contribution in [0.25, 0.3) is 0 Å². The van der Waals surface area contributed by atoms with Crippen molar-refractivity contribution in [1.29, 1.82) is 0 Å². The zero-order valence-electron chi connectivity index (χ0n) is 22.9. The van der Waals surface area contributed by atoms with Gasteiger partial charge in [-0.2, -0.15) is 9.28 Å². The Kier molecular flexibility index (Phi) is 9.68. The van der Waals surface area contributed by atoms with Crippen LogP contribution in [-0.4, -0.2) is 39.2 Å². The topological polar surface area (TPSA) is 99.5 Å². The normalized spacial score (nSPS) is 21.7. The third kappa shape index (κ3) is 7.05. The number of aliphatic hydroxyl groups is 1. The summed E-state index contributed by atoms with van der Waals surface area (Å²) < 4.78 is 4.13. The van der Waals surface area contributed by atoms with Crippen LogP contribution < -0.4 is 10.6 Å². The fraction of sp³-hybridized carbons (Fsp3) is 0.586. The van der Waals surface area contributed by atoms with E-state index in [4.69, 9.17) is 0 Å². The summed E-state index contributed by atoms with van der Waals surface area (Å²) in [5.74, 6) is 0. The molecule has 1 aliphatic carbocycles. The highest BCUT2D eigenvalue weighted by molar-refractivity contribution is 7.10.